The van der Waals surface area contributed by atoms with Crippen LogP contribution in [-0.4, -0.2) is 29.6 Å². The van der Waals surface area contributed by atoms with Crippen LogP contribution in [0.25, 0.3) is 0 Å². The van der Waals surface area contributed by atoms with Gasteiger partial charge < -0.3 is 10.1 Å². The Bertz CT molecular complexity index is 419. The Morgan fingerprint density at radius 3 is 3.21 bits per heavy atom. The highest BCUT2D eigenvalue weighted by Gasteiger charge is 2.16. The number of nitro groups is 1. The molecular formula is C13H19N3O3. The van der Waals surface area contributed by atoms with Crippen molar-refractivity contribution in [2.75, 3.05) is 19.7 Å². The van der Waals surface area contributed by atoms with Gasteiger partial charge in [-0.25, -0.2) is 4.98 Å². The standard InChI is InChI=1S/C13H19N3O3/c17-16(18)12-6-2-8-15-13(12)19-9-3-5-11-4-1-7-14-10-11/h2,6,8,11,14H,1,3-5,7,9-10H2/t11-/m1/s1. The molecule has 1 aliphatic heterocycles. The lowest BCUT2D eigenvalue weighted by Gasteiger charge is -2.22. The fourth-order valence-corrected chi connectivity index (χ4v) is 2.34. The highest BCUT2D eigenvalue weighted by molar-refractivity contribution is 5.39. The van der Waals surface area contributed by atoms with Gasteiger partial charge in [0.05, 0.1) is 11.5 Å². The molecule has 19 heavy (non-hydrogen) atoms. The molecule has 104 valence electrons. The lowest BCUT2D eigenvalue weighted by Crippen LogP contribution is -2.29. The summed E-state index contributed by atoms with van der Waals surface area (Å²) in [6, 6.07) is 2.95. The monoisotopic (exact) mass is 265 g/mol. The smallest absolute Gasteiger partial charge is 0.330 e. The third kappa shape index (κ3) is 4.17. The van der Waals surface area contributed by atoms with Gasteiger partial charge in [-0.1, -0.05) is 0 Å². The number of piperidine rings is 1. The SMILES string of the molecule is O=[N+]([O-])c1cccnc1OCCC[C@H]1CCCNC1. The van der Waals surface area contributed by atoms with E-state index >= 15 is 0 Å². The first-order chi connectivity index (χ1) is 9.27. The molecule has 0 aliphatic carbocycles. The summed E-state index contributed by atoms with van der Waals surface area (Å²) >= 11 is 0. The predicted octanol–water partition coefficient (Wildman–Crippen LogP) is 2.15. The van der Waals surface area contributed by atoms with Crippen molar-refractivity contribution in [3.05, 3.63) is 28.4 Å². The van der Waals surface area contributed by atoms with Gasteiger partial charge in [-0.15, -0.1) is 0 Å². The normalized spacial score (nSPS) is 19.1. The van der Waals surface area contributed by atoms with E-state index in [4.69, 9.17) is 4.74 Å². The molecule has 1 aliphatic rings. The van der Waals surface area contributed by atoms with Crippen molar-refractivity contribution in [2.45, 2.75) is 25.7 Å². The maximum atomic E-state index is 10.8. The quantitative estimate of drug-likeness (QED) is 0.484. The lowest BCUT2D eigenvalue weighted by atomic mass is 9.95. The van der Waals surface area contributed by atoms with Gasteiger partial charge in [-0.2, -0.15) is 0 Å². The van der Waals surface area contributed by atoms with Crippen molar-refractivity contribution in [2.24, 2.45) is 5.92 Å². The van der Waals surface area contributed by atoms with Crippen LogP contribution in [0, 0.1) is 16.0 Å². The van der Waals surface area contributed by atoms with Gasteiger partial charge in [-0.3, -0.25) is 10.1 Å². The minimum atomic E-state index is -0.465. The van der Waals surface area contributed by atoms with E-state index in [-0.39, 0.29) is 11.6 Å². The topological polar surface area (TPSA) is 77.3 Å². The Kier molecular flexibility index (Phi) is 5.09. The Balaban J connectivity index is 1.74. The van der Waals surface area contributed by atoms with Crippen LogP contribution in [0.5, 0.6) is 5.88 Å². The largest absolute Gasteiger partial charge is 0.473 e. The summed E-state index contributed by atoms with van der Waals surface area (Å²) in [5, 5.41) is 14.2. The van der Waals surface area contributed by atoms with Crippen LogP contribution < -0.4 is 10.1 Å². The number of aromatic nitrogens is 1. The van der Waals surface area contributed by atoms with Gasteiger partial charge in [0, 0.05) is 12.3 Å². The van der Waals surface area contributed by atoms with Crippen molar-refractivity contribution in [1.29, 1.82) is 0 Å². The van der Waals surface area contributed by atoms with E-state index in [0.717, 1.165) is 25.9 Å². The number of nitrogens with one attached hydrogen (secondary N) is 1. The van der Waals surface area contributed by atoms with Crippen molar-refractivity contribution in [1.82, 2.24) is 10.3 Å². The number of nitrogens with zero attached hydrogens (tertiary/aromatic N) is 2. The van der Waals surface area contributed by atoms with E-state index < -0.39 is 4.92 Å². The zero-order chi connectivity index (χ0) is 13.5. The molecule has 2 heterocycles. The van der Waals surface area contributed by atoms with Gasteiger partial charge in [0.2, 0.25) is 0 Å². The van der Waals surface area contributed by atoms with Gasteiger partial charge in [0.1, 0.15) is 0 Å². The molecule has 0 bridgehead atoms. The maximum Gasteiger partial charge on any atom is 0.330 e. The predicted molar refractivity (Wildman–Crippen MR) is 71.2 cm³/mol. The van der Waals surface area contributed by atoms with Gasteiger partial charge in [0.15, 0.2) is 0 Å². The van der Waals surface area contributed by atoms with Crippen LogP contribution in [0.4, 0.5) is 5.69 Å². The third-order valence-electron chi connectivity index (χ3n) is 3.34. The van der Waals surface area contributed by atoms with Crippen LogP contribution in [0.3, 0.4) is 0 Å². The second-order valence-corrected chi connectivity index (χ2v) is 4.79. The molecule has 0 spiro atoms. The second-order valence-electron chi connectivity index (χ2n) is 4.79. The fraction of sp³-hybridized carbons (Fsp3) is 0.615. The molecule has 1 fully saturated rings. The molecule has 2 rings (SSSR count). The number of rotatable bonds is 6. The summed E-state index contributed by atoms with van der Waals surface area (Å²) in [6.07, 6.45) is 6.00. The third-order valence-corrected chi connectivity index (χ3v) is 3.34. The molecule has 0 amide bonds. The van der Waals surface area contributed by atoms with Gasteiger partial charge >= 0.3 is 5.69 Å². The summed E-state index contributed by atoms with van der Waals surface area (Å²) in [7, 11) is 0. The van der Waals surface area contributed by atoms with Crippen molar-refractivity contribution in [3.63, 3.8) is 0 Å². The minimum Gasteiger partial charge on any atom is -0.473 e. The molecule has 1 aromatic heterocycles. The molecule has 1 saturated heterocycles. The Hall–Kier alpha value is -1.69. The van der Waals surface area contributed by atoms with E-state index in [1.807, 2.05) is 0 Å². The number of pyridine rings is 1. The second kappa shape index (κ2) is 7.04. The fourth-order valence-electron chi connectivity index (χ4n) is 2.34. The van der Waals surface area contributed by atoms with Crippen LogP contribution in [-0.2, 0) is 0 Å². The zero-order valence-corrected chi connectivity index (χ0v) is 10.9. The number of ether oxygens (including phenoxy) is 1. The van der Waals surface area contributed by atoms with E-state index in [1.165, 1.54) is 25.1 Å². The Labute approximate surface area is 112 Å². The van der Waals surface area contributed by atoms with E-state index in [1.54, 1.807) is 6.07 Å². The van der Waals surface area contributed by atoms with Crippen LogP contribution in [0.1, 0.15) is 25.7 Å². The van der Waals surface area contributed by atoms with Crippen LogP contribution in [0.15, 0.2) is 18.3 Å². The summed E-state index contributed by atoms with van der Waals surface area (Å²) in [4.78, 5) is 14.2. The van der Waals surface area contributed by atoms with Gasteiger partial charge in [-0.05, 0) is 50.8 Å². The first kappa shape index (κ1) is 13.7. The molecule has 0 radical (unpaired) electrons. The Morgan fingerprint density at radius 2 is 2.47 bits per heavy atom. The van der Waals surface area contributed by atoms with Crippen LogP contribution in [0.2, 0.25) is 0 Å². The molecule has 0 aromatic carbocycles. The zero-order valence-electron chi connectivity index (χ0n) is 10.9. The van der Waals surface area contributed by atoms with Gasteiger partial charge in [0.25, 0.3) is 5.88 Å². The number of hydrogen-bond acceptors (Lipinski definition) is 5. The average Bonchev–Trinajstić information content (AvgIpc) is 2.45. The molecule has 0 unspecified atom stereocenters. The molecule has 1 N–H and O–H groups in total. The summed E-state index contributed by atoms with van der Waals surface area (Å²) in [5.74, 6) is 0.824. The van der Waals surface area contributed by atoms with E-state index in [0.29, 0.717) is 12.5 Å². The Morgan fingerprint density at radius 1 is 1.58 bits per heavy atom. The molecular weight excluding hydrogens is 246 g/mol. The molecule has 6 nitrogen and oxygen atoms in total. The van der Waals surface area contributed by atoms with Crippen molar-refractivity contribution in [3.8, 4) is 5.88 Å². The summed E-state index contributed by atoms with van der Waals surface area (Å²) in [6.45, 7) is 2.67. The summed E-state index contributed by atoms with van der Waals surface area (Å²) in [5.41, 5.74) is -0.0677. The van der Waals surface area contributed by atoms with Crippen molar-refractivity contribution >= 4 is 5.69 Å². The molecule has 0 saturated carbocycles. The first-order valence-corrected chi connectivity index (χ1v) is 6.70. The molecule has 6 heteroatoms. The summed E-state index contributed by atoms with van der Waals surface area (Å²) < 4.78 is 5.42. The minimum absolute atomic E-state index is 0.0677. The van der Waals surface area contributed by atoms with Crippen molar-refractivity contribution < 1.29 is 9.66 Å². The van der Waals surface area contributed by atoms with E-state index in [2.05, 4.69) is 10.3 Å². The van der Waals surface area contributed by atoms with E-state index in [9.17, 15) is 10.1 Å². The molecule has 1 atom stereocenters. The molecule has 1 aromatic rings. The lowest BCUT2D eigenvalue weighted by molar-refractivity contribution is -0.386. The highest BCUT2D eigenvalue weighted by atomic mass is 16.6. The van der Waals surface area contributed by atoms with Crippen LogP contribution >= 0.6 is 0 Å². The highest BCUT2D eigenvalue weighted by Crippen LogP contribution is 2.23. The first-order valence-electron chi connectivity index (χ1n) is 6.70. The average molecular weight is 265 g/mol. The maximum absolute atomic E-state index is 10.8. The number of hydrogen-bond donors (Lipinski definition) is 1.